The summed E-state index contributed by atoms with van der Waals surface area (Å²) in [6, 6.07) is 0. The third-order valence-electron chi connectivity index (χ3n) is 1.69. The monoisotopic (exact) mass is 180 g/mol. The van der Waals surface area contributed by atoms with Gasteiger partial charge in [0.25, 0.3) is 0 Å². The first kappa shape index (κ1) is 9.28. The van der Waals surface area contributed by atoms with Gasteiger partial charge in [-0.1, -0.05) is 0 Å². The summed E-state index contributed by atoms with van der Waals surface area (Å²) in [7, 11) is 0. The Kier molecular flexibility index (Phi) is 3.15. The largest absolute Gasteiger partial charge is 0.388 e. The van der Waals surface area contributed by atoms with Crippen molar-refractivity contribution in [2.24, 2.45) is 0 Å². The predicted molar refractivity (Wildman–Crippen MR) is 41.3 cm³/mol. The number of thioether (sulfide) groups is 1. The van der Waals surface area contributed by atoms with Crippen molar-refractivity contribution >= 4 is 11.8 Å². The molecule has 0 bridgehead atoms. The van der Waals surface area contributed by atoms with Crippen LogP contribution in [0.4, 0.5) is 0 Å². The highest BCUT2D eigenvalue weighted by atomic mass is 32.2. The van der Waals surface area contributed by atoms with E-state index in [1.165, 1.54) is 11.8 Å². The summed E-state index contributed by atoms with van der Waals surface area (Å²) < 4.78 is 5.03. The van der Waals surface area contributed by atoms with Crippen molar-refractivity contribution in [1.29, 1.82) is 0 Å². The highest BCUT2D eigenvalue weighted by Gasteiger charge is 2.36. The number of ether oxygens (including phenoxy) is 1. The molecule has 4 atom stereocenters. The summed E-state index contributed by atoms with van der Waals surface area (Å²) in [6.45, 7) is 0.0870. The van der Waals surface area contributed by atoms with E-state index in [0.29, 0.717) is 0 Å². The third kappa shape index (κ3) is 1.86. The molecule has 11 heavy (non-hydrogen) atoms. The highest BCUT2D eigenvalue weighted by Crippen LogP contribution is 2.22. The Labute approximate surface area is 69.2 Å². The van der Waals surface area contributed by atoms with E-state index >= 15 is 0 Å². The number of hydrogen-bond donors (Lipinski definition) is 3. The van der Waals surface area contributed by atoms with Crippen LogP contribution in [-0.2, 0) is 4.74 Å². The molecule has 3 N–H and O–H groups in total. The quantitative estimate of drug-likeness (QED) is 0.472. The molecule has 0 aromatic heterocycles. The van der Waals surface area contributed by atoms with Gasteiger partial charge in [0.15, 0.2) is 0 Å². The van der Waals surface area contributed by atoms with Crippen LogP contribution in [0.1, 0.15) is 0 Å². The van der Waals surface area contributed by atoms with Gasteiger partial charge in [-0.25, -0.2) is 0 Å². The molecule has 0 aromatic rings. The molecular weight excluding hydrogens is 168 g/mol. The molecule has 1 fully saturated rings. The molecule has 1 aliphatic heterocycles. The molecule has 0 aliphatic carbocycles. The van der Waals surface area contributed by atoms with E-state index in [1.54, 1.807) is 6.26 Å². The molecule has 4 nitrogen and oxygen atoms in total. The topological polar surface area (TPSA) is 69.9 Å². The summed E-state index contributed by atoms with van der Waals surface area (Å²) in [4.78, 5) is 0. The Bertz CT molecular complexity index is 130. The zero-order chi connectivity index (χ0) is 8.43. The van der Waals surface area contributed by atoms with Crippen LogP contribution < -0.4 is 0 Å². The second kappa shape index (κ2) is 3.73. The lowest BCUT2D eigenvalue weighted by Gasteiger charge is -2.34. The lowest BCUT2D eigenvalue weighted by molar-refractivity contribution is -0.161. The zero-order valence-electron chi connectivity index (χ0n) is 6.17. The van der Waals surface area contributed by atoms with Gasteiger partial charge in [0, 0.05) is 0 Å². The van der Waals surface area contributed by atoms with Crippen LogP contribution in [0.25, 0.3) is 0 Å². The van der Waals surface area contributed by atoms with E-state index in [2.05, 4.69) is 0 Å². The van der Waals surface area contributed by atoms with Gasteiger partial charge in [-0.15, -0.1) is 11.8 Å². The fourth-order valence-electron chi connectivity index (χ4n) is 0.987. The smallest absolute Gasteiger partial charge is 0.131 e. The van der Waals surface area contributed by atoms with E-state index in [1.807, 2.05) is 0 Å². The van der Waals surface area contributed by atoms with Crippen molar-refractivity contribution in [2.75, 3.05) is 12.9 Å². The molecule has 1 aliphatic rings. The van der Waals surface area contributed by atoms with Gasteiger partial charge in [-0.05, 0) is 6.26 Å². The second-order valence-electron chi connectivity index (χ2n) is 2.49. The summed E-state index contributed by atoms with van der Waals surface area (Å²) >= 11 is 1.32. The van der Waals surface area contributed by atoms with Crippen LogP contribution in [0.3, 0.4) is 0 Å². The first-order valence-corrected chi connectivity index (χ1v) is 4.64. The van der Waals surface area contributed by atoms with E-state index in [4.69, 9.17) is 14.9 Å². The SMILES string of the molecule is CSC1OCC(O)C(O)C1O. The van der Waals surface area contributed by atoms with Gasteiger partial charge < -0.3 is 20.1 Å². The lowest BCUT2D eigenvalue weighted by Crippen LogP contribution is -2.51. The average molecular weight is 180 g/mol. The van der Waals surface area contributed by atoms with Crippen molar-refractivity contribution in [3.8, 4) is 0 Å². The van der Waals surface area contributed by atoms with Gasteiger partial charge in [-0.3, -0.25) is 0 Å². The molecule has 0 saturated carbocycles. The van der Waals surface area contributed by atoms with Crippen LogP contribution >= 0.6 is 11.8 Å². The first-order chi connectivity index (χ1) is 5.16. The van der Waals surface area contributed by atoms with Crippen molar-refractivity contribution < 1.29 is 20.1 Å². The van der Waals surface area contributed by atoms with E-state index in [9.17, 15) is 5.11 Å². The maximum absolute atomic E-state index is 9.25. The summed E-state index contributed by atoms with van der Waals surface area (Å²) in [5.74, 6) is 0. The van der Waals surface area contributed by atoms with Crippen molar-refractivity contribution in [2.45, 2.75) is 23.7 Å². The Morgan fingerprint density at radius 2 is 1.91 bits per heavy atom. The van der Waals surface area contributed by atoms with E-state index < -0.39 is 23.7 Å². The Morgan fingerprint density at radius 3 is 2.45 bits per heavy atom. The van der Waals surface area contributed by atoms with Gasteiger partial charge in [-0.2, -0.15) is 0 Å². The van der Waals surface area contributed by atoms with Crippen molar-refractivity contribution in [3.63, 3.8) is 0 Å². The van der Waals surface area contributed by atoms with E-state index in [0.717, 1.165) is 0 Å². The van der Waals surface area contributed by atoms with Crippen LogP contribution in [0.5, 0.6) is 0 Å². The maximum Gasteiger partial charge on any atom is 0.131 e. The molecule has 1 rings (SSSR count). The van der Waals surface area contributed by atoms with Crippen molar-refractivity contribution in [3.05, 3.63) is 0 Å². The minimum atomic E-state index is -1.08. The lowest BCUT2D eigenvalue weighted by atomic mass is 10.1. The minimum absolute atomic E-state index is 0.0870. The molecule has 0 spiro atoms. The Morgan fingerprint density at radius 1 is 1.27 bits per heavy atom. The summed E-state index contributed by atoms with van der Waals surface area (Å²) in [6.07, 6.45) is -1.26. The molecule has 0 amide bonds. The van der Waals surface area contributed by atoms with Crippen LogP contribution in [0, 0.1) is 0 Å². The van der Waals surface area contributed by atoms with Crippen LogP contribution in [-0.4, -0.2) is 51.9 Å². The zero-order valence-corrected chi connectivity index (χ0v) is 6.99. The van der Waals surface area contributed by atoms with Gasteiger partial charge in [0.2, 0.25) is 0 Å². The second-order valence-corrected chi connectivity index (χ2v) is 3.42. The molecule has 1 heterocycles. The Balaban J connectivity index is 2.52. The highest BCUT2D eigenvalue weighted by molar-refractivity contribution is 7.99. The standard InChI is InChI=1S/C6H12O4S/c1-11-6-5(9)4(8)3(7)2-10-6/h3-9H,2H2,1H3. The number of rotatable bonds is 1. The molecule has 1 saturated heterocycles. The predicted octanol–water partition coefficient (Wildman–Crippen LogP) is -1.21. The van der Waals surface area contributed by atoms with Gasteiger partial charge in [0.05, 0.1) is 6.61 Å². The molecular formula is C6H12O4S. The fourth-order valence-corrected chi connectivity index (χ4v) is 1.64. The van der Waals surface area contributed by atoms with E-state index in [-0.39, 0.29) is 6.61 Å². The first-order valence-electron chi connectivity index (χ1n) is 3.35. The fraction of sp³-hybridized carbons (Fsp3) is 1.00. The molecule has 4 unspecified atom stereocenters. The molecule has 0 radical (unpaired) electrons. The van der Waals surface area contributed by atoms with Crippen LogP contribution in [0.2, 0.25) is 0 Å². The van der Waals surface area contributed by atoms with Crippen molar-refractivity contribution in [1.82, 2.24) is 0 Å². The minimum Gasteiger partial charge on any atom is -0.388 e. The number of aliphatic hydroxyl groups excluding tert-OH is 3. The number of hydrogen-bond acceptors (Lipinski definition) is 5. The Hall–Kier alpha value is 0.190. The third-order valence-corrected chi connectivity index (χ3v) is 2.57. The molecule has 0 aromatic carbocycles. The van der Waals surface area contributed by atoms with Crippen LogP contribution in [0.15, 0.2) is 0 Å². The summed E-state index contributed by atoms with van der Waals surface area (Å²) in [5, 5.41) is 27.4. The van der Waals surface area contributed by atoms with Gasteiger partial charge >= 0.3 is 0 Å². The normalized spacial score (nSPS) is 45.8. The maximum atomic E-state index is 9.25. The average Bonchev–Trinajstić information content (AvgIpc) is 2.01. The molecule has 5 heteroatoms. The summed E-state index contributed by atoms with van der Waals surface area (Å²) in [5.41, 5.74) is -0.423. The van der Waals surface area contributed by atoms with Gasteiger partial charge in [0.1, 0.15) is 23.7 Å². The number of aliphatic hydroxyl groups is 3. The molecule has 66 valence electrons.